The first-order valence-electron chi connectivity index (χ1n) is 9.66. The number of carbonyl (C=O) groups excluding carboxylic acids is 2. The molecule has 1 saturated heterocycles. The molecular weight excluding hydrogens is 355 g/mol. The SMILES string of the molecule is Cc1ccc(C2=C(N3CCCC(C)C3)C(=O)N(c3cccc(F)c3)C2=O)cc1. The molecule has 1 unspecified atom stereocenters. The first kappa shape index (κ1) is 18.4. The lowest BCUT2D eigenvalue weighted by atomic mass is 9.97. The standard InChI is InChI=1S/C23H23FN2O2/c1-15-8-10-17(11-9-15)20-21(25-12-4-5-16(2)14-25)23(28)26(22(20)27)19-7-3-6-18(24)13-19/h3,6-11,13,16H,4-5,12,14H2,1-2H3. The molecule has 1 atom stereocenters. The summed E-state index contributed by atoms with van der Waals surface area (Å²) < 4.78 is 13.8. The average molecular weight is 378 g/mol. The van der Waals surface area contributed by atoms with Crippen LogP contribution in [0, 0.1) is 18.7 Å². The van der Waals surface area contributed by atoms with Crippen molar-refractivity contribution in [2.24, 2.45) is 5.92 Å². The van der Waals surface area contributed by atoms with Gasteiger partial charge < -0.3 is 4.90 Å². The van der Waals surface area contributed by atoms with Crippen LogP contribution in [-0.2, 0) is 9.59 Å². The Balaban J connectivity index is 1.83. The Kier molecular flexibility index (Phi) is 4.75. The van der Waals surface area contributed by atoms with Gasteiger partial charge in [-0.05, 0) is 49.4 Å². The van der Waals surface area contributed by atoms with Crippen LogP contribution in [-0.4, -0.2) is 29.8 Å². The molecule has 2 aromatic rings. The number of anilines is 1. The summed E-state index contributed by atoms with van der Waals surface area (Å²) >= 11 is 0. The van der Waals surface area contributed by atoms with E-state index < -0.39 is 11.7 Å². The number of likely N-dealkylation sites (tertiary alicyclic amines) is 1. The predicted octanol–water partition coefficient (Wildman–Crippen LogP) is 4.15. The molecule has 0 bridgehead atoms. The highest BCUT2D eigenvalue weighted by Gasteiger charge is 2.43. The van der Waals surface area contributed by atoms with E-state index in [-0.39, 0.29) is 11.6 Å². The van der Waals surface area contributed by atoms with Crippen molar-refractivity contribution in [3.63, 3.8) is 0 Å². The zero-order valence-electron chi connectivity index (χ0n) is 16.1. The molecule has 144 valence electrons. The van der Waals surface area contributed by atoms with Crippen molar-refractivity contribution < 1.29 is 14.0 Å². The summed E-state index contributed by atoms with van der Waals surface area (Å²) in [4.78, 5) is 29.8. The number of rotatable bonds is 3. The Hall–Kier alpha value is -2.95. The Bertz CT molecular complexity index is 965. The van der Waals surface area contributed by atoms with Crippen LogP contribution in [0.4, 0.5) is 10.1 Å². The highest BCUT2D eigenvalue weighted by atomic mass is 19.1. The topological polar surface area (TPSA) is 40.6 Å². The zero-order valence-corrected chi connectivity index (χ0v) is 16.1. The van der Waals surface area contributed by atoms with Crippen LogP contribution in [0.2, 0.25) is 0 Å². The summed E-state index contributed by atoms with van der Waals surface area (Å²) in [5, 5.41) is 0. The number of amides is 2. The Morgan fingerprint density at radius 2 is 1.79 bits per heavy atom. The van der Waals surface area contributed by atoms with E-state index in [9.17, 15) is 14.0 Å². The second-order valence-electron chi connectivity index (χ2n) is 7.71. The number of imide groups is 1. The van der Waals surface area contributed by atoms with Crippen molar-refractivity contribution in [2.75, 3.05) is 18.0 Å². The maximum absolute atomic E-state index is 13.8. The molecule has 2 heterocycles. The summed E-state index contributed by atoms with van der Waals surface area (Å²) in [6.45, 7) is 5.61. The van der Waals surface area contributed by atoms with Crippen LogP contribution >= 0.6 is 0 Å². The molecule has 2 aliphatic rings. The molecule has 0 aliphatic carbocycles. The van der Waals surface area contributed by atoms with E-state index >= 15 is 0 Å². The maximum atomic E-state index is 13.8. The van der Waals surface area contributed by atoms with Crippen molar-refractivity contribution >= 4 is 23.1 Å². The number of halogens is 1. The second kappa shape index (κ2) is 7.23. The van der Waals surface area contributed by atoms with Gasteiger partial charge in [0.2, 0.25) is 0 Å². The van der Waals surface area contributed by atoms with E-state index in [4.69, 9.17) is 0 Å². The molecule has 5 heteroatoms. The van der Waals surface area contributed by atoms with Crippen molar-refractivity contribution in [3.8, 4) is 0 Å². The summed E-state index contributed by atoms with van der Waals surface area (Å²) in [7, 11) is 0. The van der Waals surface area contributed by atoms with Gasteiger partial charge in [-0.3, -0.25) is 9.59 Å². The summed E-state index contributed by atoms with van der Waals surface area (Å²) in [5.41, 5.74) is 2.90. The molecule has 4 nitrogen and oxygen atoms in total. The van der Waals surface area contributed by atoms with Crippen LogP contribution < -0.4 is 4.90 Å². The lowest BCUT2D eigenvalue weighted by Crippen LogP contribution is -2.39. The number of nitrogens with zero attached hydrogens (tertiary/aromatic N) is 2. The smallest absolute Gasteiger partial charge is 0.282 e. The average Bonchev–Trinajstić information content (AvgIpc) is 2.93. The van der Waals surface area contributed by atoms with Crippen LogP contribution in [0.5, 0.6) is 0 Å². The lowest BCUT2D eigenvalue weighted by molar-refractivity contribution is -0.120. The summed E-state index contributed by atoms with van der Waals surface area (Å²) in [6, 6.07) is 13.2. The Labute approximate surface area is 164 Å². The normalized spacial score (nSPS) is 20.3. The highest BCUT2D eigenvalue weighted by molar-refractivity contribution is 6.45. The third-order valence-electron chi connectivity index (χ3n) is 5.44. The van der Waals surface area contributed by atoms with Crippen LogP contribution in [0.15, 0.2) is 54.2 Å². The molecule has 4 rings (SSSR count). The van der Waals surface area contributed by atoms with Gasteiger partial charge in [0, 0.05) is 13.1 Å². The fraction of sp³-hybridized carbons (Fsp3) is 0.304. The van der Waals surface area contributed by atoms with Crippen LogP contribution in [0.1, 0.15) is 30.9 Å². The van der Waals surface area contributed by atoms with E-state index in [1.807, 2.05) is 36.1 Å². The first-order chi connectivity index (χ1) is 13.5. The van der Waals surface area contributed by atoms with Crippen molar-refractivity contribution in [3.05, 3.63) is 71.2 Å². The van der Waals surface area contributed by atoms with Gasteiger partial charge in [-0.15, -0.1) is 0 Å². The number of hydrogen-bond donors (Lipinski definition) is 0. The minimum absolute atomic E-state index is 0.264. The number of aryl methyl sites for hydroxylation is 1. The zero-order chi connectivity index (χ0) is 19.8. The maximum Gasteiger partial charge on any atom is 0.282 e. The third-order valence-corrected chi connectivity index (χ3v) is 5.44. The molecule has 2 amide bonds. The van der Waals surface area contributed by atoms with Gasteiger partial charge in [0.05, 0.1) is 11.3 Å². The molecule has 0 radical (unpaired) electrons. The van der Waals surface area contributed by atoms with E-state index in [2.05, 4.69) is 6.92 Å². The number of benzene rings is 2. The van der Waals surface area contributed by atoms with E-state index in [0.717, 1.165) is 42.0 Å². The number of hydrogen-bond acceptors (Lipinski definition) is 3. The lowest BCUT2D eigenvalue weighted by Gasteiger charge is -2.33. The Morgan fingerprint density at radius 3 is 2.46 bits per heavy atom. The van der Waals surface area contributed by atoms with Crippen LogP contribution in [0.3, 0.4) is 0 Å². The van der Waals surface area contributed by atoms with E-state index in [1.54, 1.807) is 6.07 Å². The molecule has 2 aromatic carbocycles. The summed E-state index contributed by atoms with van der Waals surface area (Å²) in [6.07, 6.45) is 2.09. The molecule has 0 aromatic heterocycles. The van der Waals surface area contributed by atoms with Gasteiger partial charge in [-0.25, -0.2) is 9.29 Å². The van der Waals surface area contributed by atoms with Crippen LogP contribution in [0.25, 0.3) is 5.57 Å². The van der Waals surface area contributed by atoms with Gasteiger partial charge in [-0.2, -0.15) is 0 Å². The van der Waals surface area contributed by atoms with E-state index in [1.165, 1.54) is 18.2 Å². The number of piperidine rings is 1. The van der Waals surface area contributed by atoms with Gasteiger partial charge in [0.25, 0.3) is 11.8 Å². The van der Waals surface area contributed by atoms with Gasteiger partial charge in [0.15, 0.2) is 0 Å². The minimum Gasteiger partial charge on any atom is -0.366 e. The van der Waals surface area contributed by atoms with Crippen molar-refractivity contribution in [2.45, 2.75) is 26.7 Å². The van der Waals surface area contributed by atoms with Crippen molar-refractivity contribution in [1.29, 1.82) is 0 Å². The molecule has 1 fully saturated rings. The molecule has 28 heavy (non-hydrogen) atoms. The van der Waals surface area contributed by atoms with Gasteiger partial charge in [-0.1, -0.05) is 42.8 Å². The predicted molar refractivity (Wildman–Crippen MR) is 107 cm³/mol. The fourth-order valence-corrected chi connectivity index (χ4v) is 4.03. The molecular formula is C23H23FN2O2. The largest absolute Gasteiger partial charge is 0.366 e. The molecule has 0 spiro atoms. The molecule has 2 aliphatic heterocycles. The van der Waals surface area contributed by atoms with Crippen molar-refractivity contribution in [1.82, 2.24) is 4.90 Å². The third kappa shape index (κ3) is 3.21. The van der Waals surface area contributed by atoms with Gasteiger partial charge in [0.1, 0.15) is 11.5 Å². The Morgan fingerprint density at radius 1 is 1.04 bits per heavy atom. The highest BCUT2D eigenvalue weighted by Crippen LogP contribution is 2.36. The monoisotopic (exact) mass is 378 g/mol. The van der Waals surface area contributed by atoms with Gasteiger partial charge >= 0.3 is 0 Å². The first-order valence-corrected chi connectivity index (χ1v) is 9.66. The quantitative estimate of drug-likeness (QED) is 0.754. The fourth-order valence-electron chi connectivity index (χ4n) is 4.03. The molecule has 0 N–H and O–H groups in total. The molecule has 0 saturated carbocycles. The summed E-state index contributed by atoms with van der Waals surface area (Å²) in [5.74, 6) is -0.797. The minimum atomic E-state index is -0.477. The number of carbonyl (C=O) groups is 2. The van der Waals surface area contributed by atoms with E-state index in [0.29, 0.717) is 17.2 Å². The second-order valence-corrected chi connectivity index (χ2v) is 7.71.